The summed E-state index contributed by atoms with van der Waals surface area (Å²) in [4.78, 5) is 6.59. The van der Waals surface area contributed by atoms with E-state index in [1.165, 1.54) is 23.5 Å². The number of aryl methyl sites for hydroxylation is 1. The number of sulfonamides is 1. The van der Waals surface area contributed by atoms with Crippen molar-refractivity contribution in [1.29, 1.82) is 0 Å². The van der Waals surface area contributed by atoms with Gasteiger partial charge in [-0.3, -0.25) is 0 Å². The third-order valence-corrected chi connectivity index (χ3v) is 7.28. The molecule has 0 atom stereocenters. The van der Waals surface area contributed by atoms with Crippen molar-refractivity contribution in [1.82, 2.24) is 9.71 Å². The summed E-state index contributed by atoms with van der Waals surface area (Å²) >= 11 is 3.13. The Labute approximate surface area is 165 Å². The topological polar surface area (TPSA) is 77.5 Å². The fourth-order valence-electron chi connectivity index (χ4n) is 2.65. The monoisotopic (exact) mass is 422 g/mol. The molecule has 0 radical (unpaired) electrons. The molecule has 0 saturated carbocycles. The number of nitrogens with one attached hydrogen (secondary N) is 1. The number of thiazole rings is 1. The van der Waals surface area contributed by atoms with Crippen LogP contribution in [0.3, 0.4) is 0 Å². The largest absolute Gasteiger partial charge is 0.490 e. The molecule has 0 saturated heterocycles. The first kappa shape index (κ1) is 18.4. The van der Waals surface area contributed by atoms with E-state index in [2.05, 4.69) is 9.71 Å². The van der Waals surface area contributed by atoms with Crippen molar-refractivity contribution in [2.75, 3.05) is 13.2 Å². The van der Waals surface area contributed by atoms with Crippen molar-refractivity contribution in [2.45, 2.75) is 24.8 Å². The molecule has 1 N–H and O–H groups in total. The minimum Gasteiger partial charge on any atom is -0.490 e. The van der Waals surface area contributed by atoms with E-state index in [1.807, 2.05) is 24.4 Å². The highest BCUT2D eigenvalue weighted by Crippen LogP contribution is 2.32. The van der Waals surface area contributed by atoms with Crippen LogP contribution in [0.1, 0.15) is 16.3 Å². The van der Waals surface area contributed by atoms with Crippen LogP contribution in [-0.2, 0) is 16.6 Å². The van der Waals surface area contributed by atoms with Gasteiger partial charge in [0.15, 0.2) is 11.5 Å². The van der Waals surface area contributed by atoms with Crippen molar-refractivity contribution in [2.24, 2.45) is 0 Å². The second-order valence-electron chi connectivity index (χ2n) is 6.00. The molecule has 142 valence electrons. The summed E-state index contributed by atoms with van der Waals surface area (Å²) in [7, 11) is -3.65. The van der Waals surface area contributed by atoms with Gasteiger partial charge in [0.05, 0.1) is 33.7 Å². The molecule has 27 heavy (non-hydrogen) atoms. The lowest BCUT2D eigenvalue weighted by molar-refractivity contribution is 0.297. The molecule has 1 aliphatic heterocycles. The normalized spacial score (nSPS) is 14.1. The highest BCUT2D eigenvalue weighted by Gasteiger charge is 2.19. The van der Waals surface area contributed by atoms with Crippen LogP contribution in [0.15, 0.2) is 40.6 Å². The number of ether oxygens (including phenoxy) is 2. The first-order valence-electron chi connectivity index (χ1n) is 8.42. The van der Waals surface area contributed by atoms with Gasteiger partial charge < -0.3 is 9.47 Å². The van der Waals surface area contributed by atoms with Crippen LogP contribution in [0, 0.1) is 6.92 Å². The Morgan fingerprint density at radius 1 is 1.15 bits per heavy atom. The molecular weight excluding hydrogens is 404 g/mol. The molecule has 6 nitrogen and oxygen atoms in total. The lowest BCUT2D eigenvalue weighted by Gasteiger charge is -2.10. The average Bonchev–Trinajstić information content (AvgIpc) is 3.23. The molecule has 0 unspecified atom stereocenters. The first-order chi connectivity index (χ1) is 13.0. The van der Waals surface area contributed by atoms with Gasteiger partial charge in [-0.1, -0.05) is 0 Å². The lowest BCUT2D eigenvalue weighted by atomic mass is 10.3. The average molecular weight is 423 g/mol. The summed E-state index contributed by atoms with van der Waals surface area (Å²) in [5.41, 5.74) is 0.930. The molecule has 3 heterocycles. The highest BCUT2D eigenvalue weighted by atomic mass is 32.2. The van der Waals surface area contributed by atoms with Gasteiger partial charge in [-0.15, -0.1) is 22.7 Å². The van der Waals surface area contributed by atoms with Crippen LogP contribution in [0.25, 0.3) is 10.6 Å². The molecule has 1 aliphatic rings. The number of rotatable bonds is 5. The number of aromatic nitrogens is 1. The molecule has 0 bridgehead atoms. The highest BCUT2D eigenvalue weighted by molar-refractivity contribution is 7.89. The number of fused-ring (bicyclic) bond motifs is 1. The van der Waals surface area contributed by atoms with Crippen LogP contribution < -0.4 is 14.2 Å². The zero-order chi connectivity index (χ0) is 18.9. The zero-order valence-electron chi connectivity index (χ0n) is 14.6. The Morgan fingerprint density at radius 2 is 1.96 bits per heavy atom. The fraction of sp³-hybridized carbons (Fsp3) is 0.278. The molecule has 4 rings (SSSR count). The van der Waals surface area contributed by atoms with E-state index in [0.29, 0.717) is 24.7 Å². The number of nitrogens with zero attached hydrogens (tertiary/aromatic N) is 1. The van der Waals surface area contributed by atoms with Gasteiger partial charge in [0.2, 0.25) is 10.0 Å². The number of thiophene rings is 1. The Bertz CT molecular complexity index is 1060. The summed E-state index contributed by atoms with van der Waals surface area (Å²) in [6, 6.07) is 8.58. The van der Waals surface area contributed by atoms with Crippen molar-refractivity contribution in [3.63, 3.8) is 0 Å². The summed E-state index contributed by atoms with van der Waals surface area (Å²) in [5, 5.41) is 3.02. The number of hydrogen-bond acceptors (Lipinski definition) is 7. The van der Waals surface area contributed by atoms with Crippen LogP contribution in [-0.4, -0.2) is 26.6 Å². The van der Waals surface area contributed by atoms with Crippen molar-refractivity contribution in [3.8, 4) is 22.1 Å². The summed E-state index contributed by atoms with van der Waals surface area (Å²) in [6.07, 6.45) is 0.772. The second kappa shape index (κ2) is 7.59. The Kier molecular flexibility index (Phi) is 5.18. The van der Waals surface area contributed by atoms with Gasteiger partial charge in [0.1, 0.15) is 0 Å². The van der Waals surface area contributed by atoms with Gasteiger partial charge in [-0.05, 0) is 31.2 Å². The van der Waals surface area contributed by atoms with Gasteiger partial charge in [0.25, 0.3) is 0 Å². The van der Waals surface area contributed by atoms with Gasteiger partial charge >= 0.3 is 0 Å². The maximum absolute atomic E-state index is 12.6. The van der Waals surface area contributed by atoms with E-state index in [1.54, 1.807) is 17.4 Å². The van der Waals surface area contributed by atoms with E-state index in [-0.39, 0.29) is 11.4 Å². The van der Waals surface area contributed by atoms with E-state index in [4.69, 9.17) is 9.47 Å². The predicted octanol–water partition coefficient (Wildman–Crippen LogP) is 3.82. The predicted molar refractivity (Wildman–Crippen MR) is 106 cm³/mol. The van der Waals surface area contributed by atoms with Crippen molar-refractivity contribution < 1.29 is 17.9 Å². The molecule has 1 aromatic carbocycles. The molecule has 0 aliphatic carbocycles. The standard InChI is InChI=1S/C18H18N2O4S3/c1-12-20-15(11-25-12)18-6-3-13(26-18)10-19-27(21,22)14-4-5-16-17(9-14)24-8-2-7-23-16/h3-6,9,11,19H,2,7-8,10H2,1H3. The van der Waals surface area contributed by atoms with Crippen LogP contribution in [0.4, 0.5) is 0 Å². The lowest BCUT2D eigenvalue weighted by Crippen LogP contribution is -2.22. The Morgan fingerprint density at radius 3 is 2.74 bits per heavy atom. The van der Waals surface area contributed by atoms with E-state index in [0.717, 1.165) is 26.9 Å². The Balaban J connectivity index is 1.48. The van der Waals surface area contributed by atoms with Gasteiger partial charge in [-0.2, -0.15) is 0 Å². The summed E-state index contributed by atoms with van der Waals surface area (Å²) in [6.45, 7) is 3.27. The number of benzene rings is 1. The smallest absolute Gasteiger partial charge is 0.241 e. The van der Waals surface area contributed by atoms with Gasteiger partial charge in [0, 0.05) is 29.3 Å². The SMILES string of the molecule is Cc1nc(-c2ccc(CNS(=O)(=O)c3ccc4c(c3)OCCCO4)s2)cs1. The van der Waals surface area contributed by atoms with Crippen LogP contribution in [0.2, 0.25) is 0 Å². The quantitative estimate of drug-likeness (QED) is 0.676. The number of hydrogen-bond donors (Lipinski definition) is 1. The van der Waals surface area contributed by atoms with Crippen LogP contribution >= 0.6 is 22.7 Å². The minimum absolute atomic E-state index is 0.165. The molecular formula is C18H18N2O4S3. The summed E-state index contributed by atoms with van der Waals surface area (Å²) < 4.78 is 39.1. The first-order valence-corrected chi connectivity index (χ1v) is 11.6. The summed E-state index contributed by atoms with van der Waals surface area (Å²) in [5.74, 6) is 1.04. The van der Waals surface area contributed by atoms with E-state index >= 15 is 0 Å². The molecule has 9 heteroatoms. The van der Waals surface area contributed by atoms with Crippen LogP contribution in [0.5, 0.6) is 11.5 Å². The Hall–Kier alpha value is -1.94. The van der Waals surface area contributed by atoms with Crippen molar-refractivity contribution in [3.05, 3.63) is 45.6 Å². The molecule has 0 spiro atoms. The third kappa shape index (κ3) is 4.16. The fourth-order valence-corrected chi connectivity index (χ4v) is 5.36. The van der Waals surface area contributed by atoms with Gasteiger partial charge in [-0.25, -0.2) is 18.1 Å². The molecule has 0 fully saturated rings. The van der Waals surface area contributed by atoms with E-state index < -0.39 is 10.0 Å². The molecule has 2 aromatic heterocycles. The maximum Gasteiger partial charge on any atom is 0.241 e. The maximum atomic E-state index is 12.6. The molecule has 0 amide bonds. The third-order valence-electron chi connectivity index (χ3n) is 4.00. The van der Waals surface area contributed by atoms with Crippen molar-refractivity contribution >= 4 is 32.7 Å². The minimum atomic E-state index is -3.65. The zero-order valence-corrected chi connectivity index (χ0v) is 17.0. The van der Waals surface area contributed by atoms with E-state index in [9.17, 15) is 8.42 Å². The molecule has 3 aromatic rings. The second-order valence-corrected chi connectivity index (χ2v) is 10.00.